The fourth-order valence-electron chi connectivity index (χ4n) is 2.51. The third-order valence-corrected chi connectivity index (χ3v) is 6.13. The van der Waals surface area contributed by atoms with Crippen LogP contribution in [0.4, 0.5) is 0 Å². The Kier molecular flexibility index (Phi) is 5.44. The van der Waals surface area contributed by atoms with Gasteiger partial charge in [0.05, 0.1) is 7.11 Å². The number of nitrogens with zero attached hydrogens (tertiary/aromatic N) is 1. The number of hydrogen-bond acceptors (Lipinski definition) is 3. The minimum Gasteiger partial charge on any atom is -0.495 e. The smallest absolute Gasteiger partial charge is 0.246 e. The molecule has 5 heteroatoms. The molecule has 0 N–H and O–H groups in total. The van der Waals surface area contributed by atoms with Crippen molar-refractivity contribution in [2.45, 2.75) is 31.2 Å². The molecule has 2 aromatic rings. The Bertz CT molecular complexity index is 771. The maximum atomic E-state index is 12.9. The Labute approximate surface area is 138 Å². The largest absolute Gasteiger partial charge is 0.495 e. The average Bonchev–Trinajstić information content (AvgIpc) is 2.56. The lowest BCUT2D eigenvalue weighted by molar-refractivity contribution is 0.375. The van der Waals surface area contributed by atoms with Crippen LogP contribution in [0.25, 0.3) is 0 Å². The van der Waals surface area contributed by atoms with Crippen molar-refractivity contribution >= 4 is 10.0 Å². The molecule has 0 aliphatic heterocycles. The SMILES string of the molecule is COc1ccccc1S(=O)(=O)N(C)C(C)Cc1ccccc1C. The van der Waals surface area contributed by atoms with Crippen molar-refractivity contribution in [3.8, 4) is 5.75 Å². The molecule has 0 saturated heterocycles. The van der Waals surface area contributed by atoms with Gasteiger partial charge in [0.1, 0.15) is 10.6 Å². The summed E-state index contributed by atoms with van der Waals surface area (Å²) < 4.78 is 32.4. The van der Waals surface area contributed by atoms with Crippen molar-refractivity contribution in [3.05, 3.63) is 59.7 Å². The minimum atomic E-state index is -3.61. The lowest BCUT2D eigenvalue weighted by Crippen LogP contribution is -2.36. The molecule has 4 nitrogen and oxygen atoms in total. The van der Waals surface area contributed by atoms with Crippen molar-refractivity contribution in [2.24, 2.45) is 0 Å². The Morgan fingerprint density at radius 1 is 1.09 bits per heavy atom. The Morgan fingerprint density at radius 3 is 2.35 bits per heavy atom. The van der Waals surface area contributed by atoms with E-state index in [9.17, 15) is 8.42 Å². The summed E-state index contributed by atoms with van der Waals surface area (Å²) in [5.74, 6) is 0.363. The van der Waals surface area contributed by atoms with E-state index in [0.717, 1.165) is 5.56 Å². The fraction of sp³-hybridized carbons (Fsp3) is 0.333. The normalized spacial score (nSPS) is 13.1. The van der Waals surface area contributed by atoms with Crippen molar-refractivity contribution in [2.75, 3.05) is 14.2 Å². The highest BCUT2D eigenvalue weighted by Gasteiger charge is 2.28. The first-order chi connectivity index (χ1) is 10.9. The van der Waals surface area contributed by atoms with Gasteiger partial charge in [-0.15, -0.1) is 0 Å². The molecule has 0 amide bonds. The molecule has 0 saturated carbocycles. The van der Waals surface area contributed by atoms with E-state index >= 15 is 0 Å². The molecular weight excluding hydrogens is 310 g/mol. The number of sulfonamides is 1. The van der Waals surface area contributed by atoms with Gasteiger partial charge in [0.2, 0.25) is 10.0 Å². The van der Waals surface area contributed by atoms with E-state index in [0.29, 0.717) is 12.2 Å². The summed E-state index contributed by atoms with van der Waals surface area (Å²) in [5.41, 5.74) is 2.32. The molecule has 0 spiro atoms. The molecule has 0 fully saturated rings. The van der Waals surface area contributed by atoms with E-state index in [1.807, 2.05) is 38.1 Å². The second-order valence-electron chi connectivity index (χ2n) is 5.65. The van der Waals surface area contributed by atoms with E-state index in [1.54, 1.807) is 31.3 Å². The molecule has 0 heterocycles. The highest BCUT2D eigenvalue weighted by molar-refractivity contribution is 7.89. The summed E-state index contributed by atoms with van der Waals surface area (Å²) in [7, 11) is -0.513. The number of hydrogen-bond donors (Lipinski definition) is 0. The number of ether oxygens (including phenoxy) is 1. The fourth-order valence-corrected chi connectivity index (χ4v) is 4.02. The molecule has 2 rings (SSSR count). The zero-order valence-electron chi connectivity index (χ0n) is 14.0. The zero-order valence-corrected chi connectivity index (χ0v) is 14.8. The van der Waals surface area contributed by atoms with Gasteiger partial charge in [0, 0.05) is 13.1 Å². The van der Waals surface area contributed by atoms with E-state index in [4.69, 9.17) is 4.74 Å². The molecule has 0 aliphatic carbocycles. The number of para-hydroxylation sites is 1. The highest BCUT2D eigenvalue weighted by Crippen LogP contribution is 2.27. The Morgan fingerprint density at radius 2 is 1.70 bits per heavy atom. The summed E-state index contributed by atoms with van der Waals surface area (Å²) >= 11 is 0. The molecule has 0 aliphatic rings. The predicted octanol–water partition coefficient (Wildman–Crippen LogP) is 3.26. The first-order valence-corrected chi connectivity index (χ1v) is 8.97. The van der Waals surface area contributed by atoms with Gasteiger partial charge in [-0.3, -0.25) is 0 Å². The Balaban J connectivity index is 2.27. The van der Waals surface area contributed by atoms with E-state index in [-0.39, 0.29) is 10.9 Å². The monoisotopic (exact) mass is 333 g/mol. The first kappa shape index (κ1) is 17.5. The van der Waals surface area contributed by atoms with Gasteiger partial charge in [0.15, 0.2) is 0 Å². The van der Waals surface area contributed by atoms with Crippen molar-refractivity contribution < 1.29 is 13.2 Å². The van der Waals surface area contributed by atoms with Crippen LogP contribution in [0.15, 0.2) is 53.4 Å². The molecule has 2 aromatic carbocycles. The van der Waals surface area contributed by atoms with Crippen LogP contribution in [0.3, 0.4) is 0 Å². The summed E-state index contributed by atoms with van der Waals surface area (Å²) in [5, 5.41) is 0. The molecule has 124 valence electrons. The van der Waals surface area contributed by atoms with Crippen molar-refractivity contribution in [3.63, 3.8) is 0 Å². The summed E-state index contributed by atoms with van der Waals surface area (Å²) in [4.78, 5) is 0.196. The maximum absolute atomic E-state index is 12.9. The van der Waals surface area contributed by atoms with Crippen LogP contribution in [0.5, 0.6) is 5.75 Å². The van der Waals surface area contributed by atoms with Crippen LogP contribution in [0.1, 0.15) is 18.1 Å². The van der Waals surface area contributed by atoms with Crippen LogP contribution < -0.4 is 4.74 Å². The van der Waals surface area contributed by atoms with E-state index in [1.165, 1.54) is 17.0 Å². The number of aryl methyl sites for hydroxylation is 1. The van der Waals surface area contributed by atoms with Gasteiger partial charge >= 0.3 is 0 Å². The molecule has 0 aromatic heterocycles. The van der Waals surface area contributed by atoms with Crippen LogP contribution in [0, 0.1) is 6.92 Å². The number of methoxy groups -OCH3 is 1. The average molecular weight is 333 g/mol. The van der Waals surface area contributed by atoms with Gasteiger partial charge in [-0.25, -0.2) is 8.42 Å². The van der Waals surface area contributed by atoms with Crippen LogP contribution in [-0.2, 0) is 16.4 Å². The standard InChI is InChI=1S/C18H23NO3S/c1-14-9-5-6-10-16(14)13-15(2)19(3)23(20,21)18-12-8-7-11-17(18)22-4/h5-12,15H,13H2,1-4H3. The summed E-state index contributed by atoms with van der Waals surface area (Å²) in [6.07, 6.45) is 0.664. The van der Waals surface area contributed by atoms with E-state index < -0.39 is 10.0 Å². The molecular formula is C18H23NO3S. The lowest BCUT2D eigenvalue weighted by Gasteiger charge is -2.25. The third kappa shape index (κ3) is 3.74. The maximum Gasteiger partial charge on any atom is 0.246 e. The molecule has 1 unspecified atom stereocenters. The van der Waals surface area contributed by atoms with Gasteiger partial charge in [-0.05, 0) is 43.5 Å². The molecule has 23 heavy (non-hydrogen) atoms. The summed E-state index contributed by atoms with van der Waals surface area (Å²) in [6, 6.07) is 14.6. The number of likely N-dealkylation sites (N-methyl/N-ethyl adjacent to an activating group) is 1. The van der Waals surface area contributed by atoms with Crippen molar-refractivity contribution in [1.29, 1.82) is 0 Å². The molecule has 0 radical (unpaired) electrons. The van der Waals surface area contributed by atoms with Crippen molar-refractivity contribution in [1.82, 2.24) is 4.31 Å². The van der Waals surface area contributed by atoms with Gasteiger partial charge in [-0.1, -0.05) is 36.4 Å². The number of rotatable bonds is 6. The van der Waals surface area contributed by atoms with Crippen LogP contribution in [-0.4, -0.2) is 32.9 Å². The number of benzene rings is 2. The topological polar surface area (TPSA) is 46.6 Å². The predicted molar refractivity (Wildman–Crippen MR) is 92.3 cm³/mol. The summed E-state index contributed by atoms with van der Waals surface area (Å²) in [6.45, 7) is 3.95. The first-order valence-electron chi connectivity index (χ1n) is 7.53. The van der Waals surface area contributed by atoms with E-state index in [2.05, 4.69) is 0 Å². The zero-order chi connectivity index (χ0) is 17.0. The minimum absolute atomic E-state index is 0.161. The van der Waals surface area contributed by atoms with Crippen LogP contribution in [0.2, 0.25) is 0 Å². The molecule has 1 atom stereocenters. The van der Waals surface area contributed by atoms with Gasteiger partial charge in [-0.2, -0.15) is 4.31 Å². The molecule has 0 bridgehead atoms. The third-order valence-electron chi connectivity index (χ3n) is 4.12. The quantitative estimate of drug-likeness (QED) is 0.815. The van der Waals surface area contributed by atoms with Gasteiger partial charge < -0.3 is 4.74 Å². The second-order valence-corrected chi connectivity index (χ2v) is 7.62. The second kappa shape index (κ2) is 7.15. The van der Waals surface area contributed by atoms with Crippen LogP contribution >= 0.6 is 0 Å². The highest BCUT2D eigenvalue weighted by atomic mass is 32.2. The Hall–Kier alpha value is -1.85. The lowest BCUT2D eigenvalue weighted by atomic mass is 10.0. The van der Waals surface area contributed by atoms with Gasteiger partial charge in [0.25, 0.3) is 0 Å².